The number of halogens is 1. The highest BCUT2D eigenvalue weighted by Crippen LogP contribution is 2.37. The molecule has 20 heavy (non-hydrogen) atoms. The fraction of sp³-hybridized carbons (Fsp3) is 0.182. The van der Waals surface area contributed by atoms with Crippen LogP contribution in [0.1, 0.15) is 6.92 Å². The van der Waals surface area contributed by atoms with Crippen LogP contribution in [0.3, 0.4) is 0 Å². The Balaban J connectivity index is 2.44. The van der Waals surface area contributed by atoms with Crippen molar-refractivity contribution < 1.29 is 4.92 Å². The Morgan fingerprint density at radius 3 is 2.85 bits per heavy atom. The second-order valence-corrected chi connectivity index (χ2v) is 4.94. The Morgan fingerprint density at radius 2 is 2.20 bits per heavy atom. The summed E-state index contributed by atoms with van der Waals surface area (Å²) >= 11 is 7.03. The molecule has 0 aliphatic carbocycles. The third kappa shape index (κ3) is 3.14. The highest BCUT2D eigenvalue weighted by atomic mass is 35.5. The van der Waals surface area contributed by atoms with Crippen molar-refractivity contribution in [1.29, 1.82) is 0 Å². The Hall–Kier alpha value is -1.93. The van der Waals surface area contributed by atoms with Gasteiger partial charge in [0.25, 0.3) is 0 Å². The van der Waals surface area contributed by atoms with Crippen LogP contribution in [0.5, 0.6) is 0 Å². The van der Waals surface area contributed by atoms with Gasteiger partial charge >= 0.3 is 5.69 Å². The van der Waals surface area contributed by atoms with E-state index in [4.69, 9.17) is 11.6 Å². The van der Waals surface area contributed by atoms with Gasteiger partial charge in [-0.05, 0) is 30.8 Å². The molecule has 0 aliphatic rings. The zero-order valence-electron chi connectivity index (χ0n) is 10.4. The summed E-state index contributed by atoms with van der Waals surface area (Å²) in [5.41, 5.74) is -0.180. The molecule has 0 atom stereocenters. The molecule has 0 bridgehead atoms. The van der Waals surface area contributed by atoms with Gasteiger partial charge in [-0.3, -0.25) is 10.1 Å². The van der Waals surface area contributed by atoms with E-state index in [0.717, 1.165) is 11.8 Å². The van der Waals surface area contributed by atoms with Gasteiger partial charge in [-0.2, -0.15) is 0 Å². The molecule has 0 fully saturated rings. The van der Waals surface area contributed by atoms with Gasteiger partial charge in [0.05, 0.1) is 9.95 Å². The van der Waals surface area contributed by atoms with E-state index in [1.165, 1.54) is 6.33 Å². The van der Waals surface area contributed by atoms with Crippen LogP contribution in [0.4, 0.5) is 11.5 Å². The van der Waals surface area contributed by atoms with E-state index >= 15 is 0 Å². The van der Waals surface area contributed by atoms with Gasteiger partial charge in [-0.1, -0.05) is 11.6 Å². The number of nitrogens with one attached hydrogen (secondary N) is 1. The summed E-state index contributed by atoms with van der Waals surface area (Å²) in [6.45, 7) is 2.35. The molecule has 2 aromatic heterocycles. The number of anilines is 1. The normalized spacial score (nSPS) is 10.3. The zero-order chi connectivity index (χ0) is 14.5. The molecule has 0 spiro atoms. The molecular formula is C11H10ClN5O2S. The lowest BCUT2D eigenvalue weighted by Gasteiger charge is -2.06. The van der Waals surface area contributed by atoms with Gasteiger partial charge < -0.3 is 5.32 Å². The van der Waals surface area contributed by atoms with Gasteiger partial charge in [-0.25, -0.2) is 15.0 Å². The summed E-state index contributed by atoms with van der Waals surface area (Å²) in [5.74, 6) is 0.182. The molecule has 1 N–H and O–H groups in total. The van der Waals surface area contributed by atoms with Crippen molar-refractivity contribution >= 4 is 34.9 Å². The number of hydrogen-bond donors (Lipinski definition) is 1. The first-order valence-corrected chi connectivity index (χ1v) is 6.84. The van der Waals surface area contributed by atoms with E-state index in [-0.39, 0.29) is 16.5 Å². The van der Waals surface area contributed by atoms with Crippen molar-refractivity contribution in [3.05, 3.63) is 39.8 Å². The minimum atomic E-state index is -0.517. The lowest BCUT2D eigenvalue weighted by molar-refractivity contribution is -0.387. The fourth-order valence-corrected chi connectivity index (χ4v) is 2.50. The van der Waals surface area contributed by atoms with Gasteiger partial charge in [0.2, 0.25) is 5.82 Å². The van der Waals surface area contributed by atoms with Crippen LogP contribution >= 0.6 is 23.4 Å². The number of hydrogen-bond acceptors (Lipinski definition) is 7. The second kappa shape index (κ2) is 6.49. The summed E-state index contributed by atoms with van der Waals surface area (Å²) in [6.07, 6.45) is 2.83. The molecule has 0 aromatic carbocycles. The fourth-order valence-electron chi connectivity index (χ4n) is 1.44. The molecule has 0 unspecified atom stereocenters. The van der Waals surface area contributed by atoms with Crippen molar-refractivity contribution in [3.63, 3.8) is 0 Å². The van der Waals surface area contributed by atoms with E-state index in [2.05, 4.69) is 20.3 Å². The predicted molar refractivity (Wildman–Crippen MR) is 76.2 cm³/mol. The average molecular weight is 312 g/mol. The minimum absolute atomic E-state index is 0.180. The van der Waals surface area contributed by atoms with E-state index < -0.39 is 4.92 Å². The van der Waals surface area contributed by atoms with E-state index in [1.807, 2.05) is 6.92 Å². The first-order valence-electron chi connectivity index (χ1n) is 5.65. The van der Waals surface area contributed by atoms with E-state index in [1.54, 1.807) is 18.3 Å². The predicted octanol–water partition coefficient (Wildman–Crippen LogP) is 3.02. The largest absolute Gasteiger partial charge is 0.364 e. The van der Waals surface area contributed by atoms with Crippen LogP contribution in [0.25, 0.3) is 0 Å². The maximum Gasteiger partial charge on any atom is 0.343 e. The number of aromatic nitrogens is 3. The van der Waals surface area contributed by atoms with Gasteiger partial charge in [0, 0.05) is 12.7 Å². The molecule has 2 heterocycles. The average Bonchev–Trinajstić information content (AvgIpc) is 2.41. The number of pyridine rings is 1. The second-order valence-electron chi connectivity index (χ2n) is 3.56. The molecule has 0 amide bonds. The third-order valence-corrected chi connectivity index (χ3v) is 3.66. The Labute approximate surface area is 124 Å². The molecule has 7 nitrogen and oxygen atoms in total. The number of nitro groups is 1. The standard InChI is InChI=1S/C11H10ClN5O2S/c1-2-13-9-8(17(18)19)11(16-6-15-9)20-10-7(12)4-3-5-14-10/h3-6H,2H2,1H3,(H,13,15,16). The van der Waals surface area contributed by atoms with Crippen molar-refractivity contribution in [2.45, 2.75) is 17.0 Å². The van der Waals surface area contributed by atoms with E-state index in [9.17, 15) is 10.1 Å². The van der Waals surface area contributed by atoms with Gasteiger partial charge in [-0.15, -0.1) is 0 Å². The highest BCUT2D eigenvalue weighted by Gasteiger charge is 2.24. The lowest BCUT2D eigenvalue weighted by atomic mass is 10.5. The Bertz CT molecular complexity index is 640. The Kier molecular flexibility index (Phi) is 4.70. The topological polar surface area (TPSA) is 93.8 Å². The van der Waals surface area contributed by atoms with Crippen molar-refractivity contribution in [2.75, 3.05) is 11.9 Å². The molecule has 9 heteroatoms. The van der Waals surface area contributed by atoms with Crippen LogP contribution in [-0.2, 0) is 0 Å². The number of nitrogens with zero attached hydrogens (tertiary/aromatic N) is 4. The summed E-state index contributed by atoms with van der Waals surface area (Å²) in [7, 11) is 0. The smallest absolute Gasteiger partial charge is 0.343 e. The summed E-state index contributed by atoms with van der Waals surface area (Å²) in [6, 6.07) is 3.35. The number of rotatable bonds is 5. The molecule has 104 valence electrons. The molecular weight excluding hydrogens is 302 g/mol. The summed E-state index contributed by atoms with van der Waals surface area (Å²) in [5, 5.41) is 15.1. The SMILES string of the molecule is CCNc1ncnc(Sc2ncccc2Cl)c1[N+](=O)[O-]. The highest BCUT2D eigenvalue weighted by molar-refractivity contribution is 7.99. The van der Waals surface area contributed by atoms with E-state index in [0.29, 0.717) is 16.6 Å². The third-order valence-electron chi connectivity index (χ3n) is 2.23. The van der Waals surface area contributed by atoms with Crippen molar-refractivity contribution in [2.24, 2.45) is 0 Å². The molecule has 0 radical (unpaired) electrons. The van der Waals surface area contributed by atoms with Crippen molar-refractivity contribution in [1.82, 2.24) is 15.0 Å². The first kappa shape index (κ1) is 14.5. The van der Waals surface area contributed by atoms with Gasteiger partial charge in [0.1, 0.15) is 11.4 Å². The molecule has 0 saturated carbocycles. The summed E-state index contributed by atoms with van der Waals surface area (Å²) < 4.78 is 0. The van der Waals surface area contributed by atoms with Crippen molar-refractivity contribution in [3.8, 4) is 0 Å². The maximum atomic E-state index is 11.2. The molecule has 0 aliphatic heterocycles. The molecule has 2 rings (SSSR count). The Morgan fingerprint density at radius 1 is 1.40 bits per heavy atom. The molecule has 0 saturated heterocycles. The quantitative estimate of drug-likeness (QED) is 0.515. The van der Waals surface area contributed by atoms with Crippen LogP contribution in [0.15, 0.2) is 34.7 Å². The van der Waals surface area contributed by atoms with Gasteiger partial charge in [0.15, 0.2) is 5.03 Å². The van der Waals surface area contributed by atoms with Crippen LogP contribution in [-0.4, -0.2) is 26.4 Å². The monoisotopic (exact) mass is 311 g/mol. The lowest BCUT2D eigenvalue weighted by Crippen LogP contribution is -2.05. The van der Waals surface area contributed by atoms with Crippen LogP contribution in [0, 0.1) is 10.1 Å². The zero-order valence-corrected chi connectivity index (χ0v) is 12.0. The summed E-state index contributed by atoms with van der Waals surface area (Å²) in [4.78, 5) is 22.6. The first-order chi connectivity index (χ1) is 9.63. The van der Waals surface area contributed by atoms with Crippen LogP contribution < -0.4 is 5.32 Å². The van der Waals surface area contributed by atoms with Crippen LogP contribution in [0.2, 0.25) is 5.02 Å². The molecule has 2 aromatic rings. The maximum absolute atomic E-state index is 11.2. The minimum Gasteiger partial charge on any atom is -0.364 e.